The van der Waals surface area contributed by atoms with Gasteiger partial charge in [0.2, 0.25) is 5.76 Å². The van der Waals surface area contributed by atoms with Crippen molar-refractivity contribution in [2.24, 2.45) is 0 Å². The molecule has 0 saturated carbocycles. The zero-order valence-corrected chi connectivity index (χ0v) is 15.3. The minimum absolute atomic E-state index is 0. The Bertz CT molecular complexity index is 639. The molecule has 1 aromatic carbocycles. The minimum atomic E-state index is -0.265. The quantitative estimate of drug-likeness (QED) is 0.741. The van der Waals surface area contributed by atoms with Crippen molar-refractivity contribution in [1.82, 2.24) is 10.5 Å². The Balaban J connectivity index is 0.00000288. The number of rotatable bonds is 8. The van der Waals surface area contributed by atoms with Crippen LogP contribution in [0, 0.1) is 0 Å². The van der Waals surface area contributed by atoms with Crippen molar-refractivity contribution >= 4 is 24.0 Å². The average Bonchev–Trinajstić information content (AvgIpc) is 3.05. The van der Waals surface area contributed by atoms with Gasteiger partial charge >= 0.3 is 0 Å². The summed E-state index contributed by atoms with van der Waals surface area (Å²) in [5.74, 6) is 0.324. The monoisotopic (exact) mass is 351 g/mol. The third-order valence-electron chi connectivity index (χ3n) is 3.99. The van der Waals surface area contributed by atoms with Gasteiger partial charge in [0.25, 0.3) is 5.91 Å². The first-order valence-corrected chi connectivity index (χ1v) is 8.26. The van der Waals surface area contributed by atoms with Crippen LogP contribution in [0.25, 0.3) is 0 Å². The van der Waals surface area contributed by atoms with E-state index < -0.39 is 0 Å². The molecule has 0 aliphatic rings. The maximum absolute atomic E-state index is 12.4. The lowest BCUT2D eigenvalue weighted by Crippen LogP contribution is -2.16. The van der Waals surface area contributed by atoms with Gasteiger partial charge in [0.15, 0.2) is 0 Å². The second kappa shape index (κ2) is 10.1. The van der Waals surface area contributed by atoms with Gasteiger partial charge in [-0.15, -0.1) is 12.4 Å². The van der Waals surface area contributed by atoms with Crippen LogP contribution in [0.3, 0.4) is 0 Å². The summed E-state index contributed by atoms with van der Waals surface area (Å²) in [7, 11) is 0. The summed E-state index contributed by atoms with van der Waals surface area (Å²) >= 11 is 0. The number of para-hydroxylation sites is 1. The third-order valence-corrected chi connectivity index (χ3v) is 3.99. The van der Waals surface area contributed by atoms with Crippen molar-refractivity contribution in [3.05, 3.63) is 47.3 Å². The van der Waals surface area contributed by atoms with E-state index in [1.54, 1.807) is 6.07 Å². The first-order valence-electron chi connectivity index (χ1n) is 8.26. The molecule has 0 unspecified atom stereocenters. The van der Waals surface area contributed by atoms with Gasteiger partial charge in [-0.2, -0.15) is 0 Å². The predicted octanol–water partition coefficient (Wildman–Crippen LogP) is 4.36. The smallest absolute Gasteiger partial charge is 0.294 e. The highest BCUT2D eigenvalue weighted by molar-refractivity contribution is 6.02. The molecule has 2 aromatic rings. The van der Waals surface area contributed by atoms with Gasteiger partial charge in [0.05, 0.1) is 5.69 Å². The fourth-order valence-corrected chi connectivity index (χ4v) is 2.54. The summed E-state index contributed by atoms with van der Waals surface area (Å²) in [6, 6.07) is 9.50. The fraction of sp³-hybridized carbons (Fsp3) is 0.444. The van der Waals surface area contributed by atoms with Crippen LogP contribution in [-0.4, -0.2) is 17.6 Å². The van der Waals surface area contributed by atoms with E-state index in [4.69, 9.17) is 4.52 Å². The molecule has 6 heteroatoms. The normalized spacial score (nSPS) is 10.5. The van der Waals surface area contributed by atoms with E-state index in [1.165, 1.54) is 0 Å². The SMILES string of the molecule is CCNCc1ccccc1NC(=O)c1cc(C(CC)CC)no1.Cl. The lowest BCUT2D eigenvalue weighted by Gasteiger charge is -2.10. The minimum Gasteiger partial charge on any atom is -0.351 e. The van der Waals surface area contributed by atoms with Crippen LogP contribution in [-0.2, 0) is 6.54 Å². The Morgan fingerprint density at radius 2 is 1.92 bits per heavy atom. The second-order valence-corrected chi connectivity index (χ2v) is 5.52. The number of halogens is 1. The highest BCUT2D eigenvalue weighted by Crippen LogP contribution is 2.23. The molecule has 0 atom stereocenters. The van der Waals surface area contributed by atoms with Crippen LogP contribution in [0.1, 0.15) is 61.3 Å². The fourth-order valence-electron chi connectivity index (χ4n) is 2.54. The number of nitrogens with one attached hydrogen (secondary N) is 2. The number of anilines is 1. The van der Waals surface area contributed by atoms with Gasteiger partial charge < -0.3 is 15.2 Å². The number of aromatic nitrogens is 1. The Labute approximate surface area is 149 Å². The van der Waals surface area contributed by atoms with E-state index in [0.717, 1.165) is 36.3 Å². The number of carbonyl (C=O) groups excluding carboxylic acids is 1. The number of nitrogens with zero attached hydrogens (tertiary/aromatic N) is 1. The molecule has 0 bridgehead atoms. The predicted molar refractivity (Wildman–Crippen MR) is 98.8 cm³/mol. The molecule has 5 nitrogen and oxygen atoms in total. The number of amides is 1. The van der Waals surface area contributed by atoms with Crippen molar-refractivity contribution in [1.29, 1.82) is 0 Å². The standard InChI is InChI=1S/C18H25N3O2.ClH/c1-4-13(5-2)16-11-17(23-21-16)18(22)20-15-10-8-7-9-14(15)12-19-6-3;/h7-11,13,19H,4-6,12H2,1-3H3,(H,20,22);1H. The molecule has 0 spiro atoms. The highest BCUT2D eigenvalue weighted by Gasteiger charge is 2.18. The van der Waals surface area contributed by atoms with Crippen molar-refractivity contribution in [2.45, 2.75) is 46.1 Å². The molecule has 2 rings (SSSR count). The van der Waals surface area contributed by atoms with Crippen LogP contribution < -0.4 is 10.6 Å². The number of hydrogen-bond donors (Lipinski definition) is 2. The van der Waals surface area contributed by atoms with E-state index in [9.17, 15) is 4.79 Å². The molecule has 1 aromatic heterocycles. The maximum atomic E-state index is 12.4. The molecule has 2 N–H and O–H groups in total. The maximum Gasteiger partial charge on any atom is 0.294 e. The van der Waals surface area contributed by atoms with E-state index in [-0.39, 0.29) is 24.1 Å². The summed E-state index contributed by atoms with van der Waals surface area (Å²) in [4.78, 5) is 12.4. The molecule has 24 heavy (non-hydrogen) atoms. The van der Waals surface area contributed by atoms with Gasteiger partial charge in [-0.3, -0.25) is 4.79 Å². The van der Waals surface area contributed by atoms with Crippen LogP contribution in [0.4, 0.5) is 5.69 Å². The summed E-state index contributed by atoms with van der Waals surface area (Å²) < 4.78 is 5.23. The van der Waals surface area contributed by atoms with Crippen molar-refractivity contribution in [2.75, 3.05) is 11.9 Å². The van der Waals surface area contributed by atoms with Crippen LogP contribution in [0.5, 0.6) is 0 Å². The lowest BCUT2D eigenvalue weighted by molar-refractivity contribution is 0.0987. The molecule has 0 aliphatic carbocycles. The van der Waals surface area contributed by atoms with Gasteiger partial charge in [0.1, 0.15) is 0 Å². The highest BCUT2D eigenvalue weighted by atomic mass is 35.5. The van der Waals surface area contributed by atoms with E-state index in [2.05, 4.69) is 36.6 Å². The average molecular weight is 352 g/mol. The largest absolute Gasteiger partial charge is 0.351 e. The number of benzene rings is 1. The summed E-state index contributed by atoms with van der Waals surface area (Å²) in [6.07, 6.45) is 1.96. The Kier molecular flexibility index (Phi) is 8.50. The van der Waals surface area contributed by atoms with E-state index >= 15 is 0 Å². The molecule has 0 aliphatic heterocycles. The third kappa shape index (κ3) is 5.08. The molecular weight excluding hydrogens is 326 g/mol. The van der Waals surface area contributed by atoms with Crippen molar-refractivity contribution in [3.8, 4) is 0 Å². The molecule has 0 fully saturated rings. The molecule has 132 valence electrons. The van der Waals surface area contributed by atoms with E-state index in [1.807, 2.05) is 24.3 Å². The van der Waals surface area contributed by atoms with Gasteiger partial charge in [-0.05, 0) is 31.0 Å². The first-order chi connectivity index (χ1) is 11.2. The number of carbonyl (C=O) groups is 1. The van der Waals surface area contributed by atoms with Crippen LogP contribution >= 0.6 is 12.4 Å². The molecule has 0 radical (unpaired) electrons. The zero-order valence-electron chi connectivity index (χ0n) is 14.5. The Hall–Kier alpha value is -1.85. The summed E-state index contributed by atoms with van der Waals surface area (Å²) in [6.45, 7) is 7.86. The van der Waals surface area contributed by atoms with Crippen molar-refractivity contribution < 1.29 is 9.32 Å². The second-order valence-electron chi connectivity index (χ2n) is 5.52. The van der Waals surface area contributed by atoms with Gasteiger partial charge in [-0.25, -0.2) is 0 Å². The zero-order chi connectivity index (χ0) is 16.7. The molecule has 1 heterocycles. The molecule has 0 saturated heterocycles. The topological polar surface area (TPSA) is 67.2 Å². The molecular formula is C18H26ClN3O2. The first kappa shape index (κ1) is 20.2. The van der Waals surface area contributed by atoms with Crippen LogP contribution in [0.2, 0.25) is 0 Å². The van der Waals surface area contributed by atoms with Crippen molar-refractivity contribution in [3.63, 3.8) is 0 Å². The van der Waals surface area contributed by atoms with Gasteiger partial charge in [0, 0.05) is 24.2 Å². The summed E-state index contributed by atoms with van der Waals surface area (Å²) in [5, 5.41) is 10.2. The molecule has 1 amide bonds. The number of hydrogen-bond acceptors (Lipinski definition) is 4. The van der Waals surface area contributed by atoms with Gasteiger partial charge in [-0.1, -0.05) is 44.1 Å². The Morgan fingerprint density at radius 3 is 2.58 bits per heavy atom. The van der Waals surface area contributed by atoms with Crippen LogP contribution in [0.15, 0.2) is 34.9 Å². The lowest BCUT2D eigenvalue weighted by atomic mass is 9.99. The Morgan fingerprint density at radius 1 is 1.21 bits per heavy atom. The van der Waals surface area contributed by atoms with E-state index in [0.29, 0.717) is 12.5 Å². The summed E-state index contributed by atoms with van der Waals surface area (Å²) in [5.41, 5.74) is 2.68.